The van der Waals surface area contributed by atoms with Gasteiger partial charge in [0.15, 0.2) is 6.10 Å². The Morgan fingerprint density at radius 2 is 2.04 bits per heavy atom. The van der Waals surface area contributed by atoms with E-state index in [1.54, 1.807) is 11.9 Å². The summed E-state index contributed by atoms with van der Waals surface area (Å²) in [6, 6.07) is 4.96. The van der Waals surface area contributed by atoms with E-state index in [2.05, 4.69) is 5.32 Å². The first-order valence-corrected chi connectivity index (χ1v) is 7.11. The number of amides is 1. The average molecular weight is 353 g/mol. The number of para-hydroxylation sites is 1. The molecule has 2 rings (SSSR count). The number of carbonyl (C=O) groups is 1. The third-order valence-corrected chi connectivity index (χ3v) is 3.77. The predicted octanol–water partition coefficient (Wildman–Crippen LogP) is 2.71. The first kappa shape index (κ1) is 19.6. The van der Waals surface area contributed by atoms with E-state index >= 15 is 0 Å². The molecular weight excluding hydrogens is 333 g/mol. The van der Waals surface area contributed by atoms with Crippen molar-refractivity contribution in [3.63, 3.8) is 0 Å². The molecule has 1 fully saturated rings. The molecule has 8 heteroatoms. The van der Waals surface area contributed by atoms with E-state index in [1.165, 1.54) is 25.1 Å². The van der Waals surface area contributed by atoms with E-state index in [1.807, 2.05) is 0 Å². The Kier molecular flexibility index (Phi) is 6.70. The van der Waals surface area contributed by atoms with Gasteiger partial charge in [0.25, 0.3) is 5.91 Å². The van der Waals surface area contributed by atoms with Gasteiger partial charge in [-0.2, -0.15) is 13.2 Å². The van der Waals surface area contributed by atoms with Gasteiger partial charge in [-0.3, -0.25) is 4.79 Å². The van der Waals surface area contributed by atoms with E-state index in [0.29, 0.717) is 6.54 Å². The number of ether oxygens (including phenoxy) is 1. The Morgan fingerprint density at radius 3 is 2.61 bits per heavy atom. The molecule has 1 heterocycles. The Balaban J connectivity index is 0.00000264. The van der Waals surface area contributed by atoms with Crippen LogP contribution in [0.3, 0.4) is 0 Å². The van der Waals surface area contributed by atoms with Gasteiger partial charge in [0.05, 0.1) is 5.56 Å². The number of hydrogen-bond donors (Lipinski definition) is 1. The normalized spacial score (nSPS) is 18.9. The van der Waals surface area contributed by atoms with E-state index in [9.17, 15) is 18.0 Å². The van der Waals surface area contributed by atoms with Gasteiger partial charge in [0.2, 0.25) is 0 Å². The van der Waals surface area contributed by atoms with Crippen LogP contribution in [0.1, 0.15) is 18.9 Å². The molecule has 23 heavy (non-hydrogen) atoms. The zero-order chi connectivity index (χ0) is 16.3. The molecule has 0 aromatic heterocycles. The minimum absolute atomic E-state index is 0. The van der Waals surface area contributed by atoms with Crippen molar-refractivity contribution in [2.45, 2.75) is 31.7 Å². The fraction of sp³-hybridized carbons (Fsp3) is 0.533. The number of halogens is 4. The Hall–Kier alpha value is -1.47. The summed E-state index contributed by atoms with van der Waals surface area (Å²) < 4.78 is 44.0. The molecular formula is C15H20ClF3N2O2. The van der Waals surface area contributed by atoms with Gasteiger partial charge in [-0.15, -0.1) is 12.4 Å². The van der Waals surface area contributed by atoms with Crippen molar-refractivity contribution in [3.8, 4) is 5.75 Å². The molecule has 0 radical (unpaired) electrons. The molecule has 1 N–H and O–H groups in total. The van der Waals surface area contributed by atoms with Gasteiger partial charge in [-0.05, 0) is 32.0 Å². The van der Waals surface area contributed by atoms with Crippen LogP contribution >= 0.6 is 12.4 Å². The SMILES string of the molecule is CC(Oc1ccccc1C(F)(F)F)C(=O)N(C)C1CCNC1.Cl. The highest BCUT2D eigenvalue weighted by Crippen LogP contribution is 2.36. The second-order valence-corrected chi connectivity index (χ2v) is 5.35. The molecule has 0 saturated carbocycles. The highest BCUT2D eigenvalue weighted by atomic mass is 35.5. The smallest absolute Gasteiger partial charge is 0.419 e. The molecule has 1 saturated heterocycles. The molecule has 2 unspecified atom stereocenters. The maximum absolute atomic E-state index is 12.9. The minimum Gasteiger partial charge on any atom is -0.480 e. The van der Waals surface area contributed by atoms with Crippen molar-refractivity contribution in [1.29, 1.82) is 0 Å². The maximum atomic E-state index is 12.9. The quantitative estimate of drug-likeness (QED) is 0.906. The minimum atomic E-state index is -4.51. The predicted molar refractivity (Wildman–Crippen MR) is 82.8 cm³/mol. The zero-order valence-corrected chi connectivity index (χ0v) is 13.7. The highest BCUT2D eigenvalue weighted by molar-refractivity contribution is 5.85. The van der Waals surface area contributed by atoms with Crippen LogP contribution in [0, 0.1) is 0 Å². The third-order valence-electron chi connectivity index (χ3n) is 3.77. The van der Waals surface area contributed by atoms with Crippen molar-refractivity contribution in [3.05, 3.63) is 29.8 Å². The number of nitrogens with zero attached hydrogens (tertiary/aromatic N) is 1. The number of alkyl halides is 3. The molecule has 1 aliphatic heterocycles. The molecule has 0 bridgehead atoms. The number of nitrogens with one attached hydrogen (secondary N) is 1. The summed E-state index contributed by atoms with van der Waals surface area (Å²) in [6.07, 6.45) is -4.66. The fourth-order valence-corrected chi connectivity index (χ4v) is 2.48. The number of rotatable bonds is 4. The lowest BCUT2D eigenvalue weighted by molar-refractivity contribution is -0.143. The molecule has 2 atom stereocenters. The molecule has 4 nitrogen and oxygen atoms in total. The summed E-state index contributed by atoms with van der Waals surface area (Å²) in [6.45, 7) is 2.98. The van der Waals surface area contributed by atoms with E-state index in [-0.39, 0.29) is 30.1 Å². The van der Waals surface area contributed by atoms with Crippen molar-refractivity contribution in [2.24, 2.45) is 0 Å². The third kappa shape index (κ3) is 4.75. The summed E-state index contributed by atoms with van der Waals surface area (Å²) >= 11 is 0. The van der Waals surface area contributed by atoms with Crippen LogP contribution in [0.25, 0.3) is 0 Å². The van der Waals surface area contributed by atoms with Crippen molar-refractivity contribution >= 4 is 18.3 Å². The molecule has 0 aliphatic carbocycles. The number of likely N-dealkylation sites (N-methyl/N-ethyl adjacent to an activating group) is 1. The van der Waals surface area contributed by atoms with Crippen molar-refractivity contribution < 1.29 is 22.7 Å². The fourth-order valence-electron chi connectivity index (χ4n) is 2.48. The molecule has 1 amide bonds. The van der Waals surface area contributed by atoms with Crippen LogP contribution in [0.4, 0.5) is 13.2 Å². The van der Waals surface area contributed by atoms with Crippen molar-refractivity contribution in [2.75, 3.05) is 20.1 Å². The van der Waals surface area contributed by atoms with Crippen LogP contribution in [-0.2, 0) is 11.0 Å². The second kappa shape index (κ2) is 7.88. The maximum Gasteiger partial charge on any atom is 0.419 e. The Labute approximate surface area is 139 Å². The second-order valence-electron chi connectivity index (χ2n) is 5.35. The summed E-state index contributed by atoms with van der Waals surface area (Å²) in [5.41, 5.74) is -0.875. The Morgan fingerprint density at radius 1 is 1.39 bits per heavy atom. The van der Waals surface area contributed by atoms with Crippen LogP contribution < -0.4 is 10.1 Å². The lowest BCUT2D eigenvalue weighted by atomic mass is 10.2. The van der Waals surface area contributed by atoms with Crippen LogP contribution in [0.15, 0.2) is 24.3 Å². The first-order chi connectivity index (χ1) is 10.3. The Bertz CT molecular complexity index is 534. The van der Waals surface area contributed by atoms with Gasteiger partial charge in [0, 0.05) is 19.6 Å². The highest BCUT2D eigenvalue weighted by Gasteiger charge is 2.35. The summed E-state index contributed by atoms with van der Waals surface area (Å²) in [5.74, 6) is -0.653. The summed E-state index contributed by atoms with van der Waals surface area (Å²) in [4.78, 5) is 13.8. The topological polar surface area (TPSA) is 41.6 Å². The van der Waals surface area contributed by atoms with E-state index in [0.717, 1.165) is 19.0 Å². The zero-order valence-electron chi connectivity index (χ0n) is 12.9. The lowest BCUT2D eigenvalue weighted by Gasteiger charge is -2.27. The molecule has 1 aliphatic rings. The van der Waals surface area contributed by atoms with Crippen LogP contribution in [-0.4, -0.2) is 43.1 Å². The van der Waals surface area contributed by atoms with Gasteiger partial charge in [0.1, 0.15) is 5.75 Å². The first-order valence-electron chi connectivity index (χ1n) is 7.11. The monoisotopic (exact) mass is 352 g/mol. The molecule has 1 aromatic carbocycles. The van der Waals surface area contributed by atoms with Gasteiger partial charge >= 0.3 is 6.18 Å². The number of carbonyl (C=O) groups excluding carboxylic acids is 1. The van der Waals surface area contributed by atoms with Gasteiger partial charge < -0.3 is 15.0 Å². The van der Waals surface area contributed by atoms with Gasteiger partial charge in [-0.25, -0.2) is 0 Å². The van der Waals surface area contributed by atoms with Crippen LogP contribution in [0.5, 0.6) is 5.75 Å². The van der Waals surface area contributed by atoms with E-state index in [4.69, 9.17) is 4.74 Å². The van der Waals surface area contributed by atoms with Crippen molar-refractivity contribution in [1.82, 2.24) is 10.2 Å². The largest absolute Gasteiger partial charge is 0.480 e. The molecule has 1 aromatic rings. The van der Waals surface area contributed by atoms with E-state index < -0.39 is 17.8 Å². The number of benzene rings is 1. The summed E-state index contributed by atoms with van der Waals surface area (Å²) in [5, 5.41) is 3.14. The molecule has 0 spiro atoms. The summed E-state index contributed by atoms with van der Waals surface area (Å²) in [7, 11) is 1.65. The van der Waals surface area contributed by atoms with Crippen LogP contribution in [0.2, 0.25) is 0 Å². The average Bonchev–Trinajstić information content (AvgIpc) is 2.99. The number of hydrogen-bond acceptors (Lipinski definition) is 3. The standard InChI is InChI=1S/C15H19F3N2O2.ClH/c1-10(14(21)20(2)11-7-8-19-9-11)22-13-6-4-3-5-12(13)15(16,17)18;/h3-6,10-11,19H,7-9H2,1-2H3;1H. The van der Waals surface area contributed by atoms with Gasteiger partial charge in [-0.1, -0.05) is 12.1 Å². The molecule has 130 valence electrons. The lowest BCUT2D eigenvalue weighted by Crippen LogP contribution is -2.44.